The van der Waals surface area contributed by atoms with Gasteiger partial charge in [-0.3, -0.25) is 0 Å². The zero-order chi connectivity index (χ0) is 12.2. The fourth-order valence-corrected chi connectivity index (χ4v) is 1.53. The van der Waals surface area contributed by atoms with Gasteiger partial charge in [0.2, 0.25) is 0 Å². The Bertz CT molecular complexity index is 338. The Morgan fingerprint density at radius 3 is 2.56 bits per heavy atom. The van der Waals surface area contributed by atoms with Crippen molar-refractivity contribution in [2.75, 3.05) is 13.2 Å². The Labute approximate surface area is 97.1 Å². The van der Waals surface area contributed by atoms with Crippen LogP contribution in [0.3, 0.4) is 0 Å². The van der Waals surface area contributed by atoms with Crippen LogP contribution in [-0.4, -0.2) is 23.4 Å². The number of nitrogens with one attached hydrogen (secondary N) is 1. The summed E-state index contributed by atoms with van der Waals surface area (Å²) in [6.07, 6.45) is 0. The van der Waals surface area contributed by atoms with Crippen LogP contribution in [-0.2, 0) is 5.54 Å². The molecule has 1 aromatic carbocycles. The third-order valence-electron chi connectivity index (χ3n) is 2.70. The summed E-state index contributed by atoms with van der Waals surface area (Å²) in [5.41, 5.74) is 0.402. The summed E-state index contributed by atoms with van der Waals surface area (Å²) in [5, 5.41) is 22.3. The number of rotatable bonds is 5. The molecule has 3 heteroatoms. The van der Waals surface area contributed by atoms with Gasteiger partial charge < -0.3 is 15.5 Å². The van der Waals surface area contributed by atoms with Gasteiger partial charge in [0.05, 0.1) is 12.1 Å². The van der Waals surface area contributed by atoms with Gasteiger partial charge in [-0.2, -0.15) is 0 Å². The average Bonchev–Trinajstić information content (AvgIpc) is 2.26. The third-order valence-corrected chi connectivity index (χ3v) is 2.70. The molecule has 0 spiro atoms. The minimum atomic E-state index is -0.497. The molecule has 0 heterocycles. The highest BCUT2D eigenvalue weighted by Gasteiger charge is 2.25. The van der Waals surface area contributed by atoms with E-state index in [0.29, 0.717) is 5.92 Å². The lowest BCUT2D eigenvalue weighted by atomic mass is 9.92. The van der Waals surface area contributed by atoms with E-state index in [9.17, 15) is 10.2 Å². The van der Waals surface area contributed by atoms with Crippen LogP contribution < -0.4 is 5.32 Å². The molecule has 16 heavy (non-hydrogen) atoms. The van der Waals surface area contributed by atoms with Gasteiger partial charge in [-0.25, -0.2) is 0 Å². The molecule has 0 radical (unpaired) electrons. The summed E-state index contributed by atoms with van der Waals surface area (Å²) >= 11 is 0. The lowest BCUT2D eigenvalue weighted by Gasteiger charge is -2.30. The van der Waals surface area contributed by atoms with Crippen LogP contribution in [0.1, 0.15) is 26.3 Å². The molecule has 90 valence electrons. The predicted molar refractivity (Wildman–Crippen MR) is 65.4 cm³/mol. The zero-order valence-corrected chi connectivity index (χ0v) is 10.2. The van der Waals surface area contributed by atoms with Gasteiger partial charge in [0.25, 0.3) is 0 Å². The molecule has 0 aliphatic carbocycles. The maximum Gasteiger partial charge on any atom is 0.115 e. The highest BCUT2D eigenvalue weighted by molar-refractivity contribution is 5.32. The molecule has 0 fully saturated rings. The van der Waals surface area contributed by atoms with Crippen molar-refractivity contribution in [3.8, 4) is 5.75 Å². The summed E-state index contributed by atoms with van der Waals surface area (Å²) in [4.78, 5) is 0. The maximum absolute atomic E-state index is 9.50. The Balaban J connectivity index is 2.86. The molecule has 0 bridgehead atoms. The zero-order valence-electron chi connectivity index (χ0n) is 10.2. The van der Waals surface area contributed by atoms with Gasteiger partial charge in [0.1, 0.15) is 5.75 Å². The normalized spacial score (nSPS) is 15.1. The molecule has 3 nitrogen and oxygen atoms in total. The maximum atomic E-state index is 9.50. The van der Waals surface area contributed by atoms with Gasteiger partial charge in [-0.1, -0.05) is 26.0 Å². The van der Waals surface area contributed by atoms with Crippen molar-refractivity contribution >= 4 is 0 Å². The average molecular weight is 223 g/mol. The quantitative estimate of drug-likeness (QED) is 0.714. The smallest absolute Gasteiger partial charge is 0.115 e. The summed E-state index contributed by atoms with van der Waals surface area (Å²) < 4.78 is 0. The molecule has 0 aliphatic rings. The minimum absolute atomic E-state index is 0.00315. The minimum Gasteiger partial charge on any atom is -0.508 e. The summed E-state index contributed by atoms with van der Waals surface area (Å²) in [5.74, 6) is 0.742. The lowest BCUT2D eigenvalue weighted by molar-refractivity contribution is 0.171. The van der Waals surface area contributed by atoms with Crippen LogP contribution in [0, 0.1) is 5.92 Å². The second-order valence-electron chi connectivity index (χ2n) is 4.82. The van der Waals surface area contributed by atoms with Crippen LogP contribution >= 0.6 is 0 Å². The van der Waals surface area contributed by atoms with Crippen molar-refractivity contribution in [2.24, 2.45) is 5.92 Å². The number of aliphatic hydroxyl groups excluding tert-OH is 1. The highest BCUT2D eigenvalue weighted by atomic mass is 16.3. The molecular weight excluding hydrogens is 202 g/mol. The van der Waals surface area contributed by atoms with E-state index < -0.39 is 5.54 Å². The number of aromatic hydroxyl groups is 1. The van der Waals surface area contributed by atoms with Crippen LogP contribution in [0.5, 0.6) is 5.75 Å². The van der Waals surface area contributed by atoms with E-state index in [4.69, 9.17) is 0 Å². The Morgan fingerprint density at radius 2 is 2.06 bits per heavy atom. The van der Waals surface area contributed by atoms with Crippen LogP contribution in [0.15, 0.2) is 24.3 Å². The van der Waals surface area contributed by atoms with Crippen LogP contribution in [0.4, 0.5) is 0 Å². The molecule has 1 atom stereocenters. The Morgan fingerprint density at radius 1 is 1.38 bits per heavy atom. The first-order valence-electron chi connectivity index (χ1n) is 5.63. The van der Waals surface area contributed by atoms with Gasteiger partial charge in [-0.05, 0) is 37.1 Å². The van der Waals surface area contributed by atoms with E-state index in [2.05, 4.69) is 19.2 Å². The molecule has 0 saturated heterocycles. The van der Waals surface area contributed by atoms with E-state index >= 15 is 0 Å². The van der Waals surface area contributed by atoms with Gasteiger partial charge in [0.15, 0.2) is 0 Å². The number of benzene rings is 1. The monoisotopic (exact) mass is 223 g/mol. The van der Waals surface area contributed by atoms with Gasteiger partial charge in [0, 0.05) is 0 Å². The Kier molecular flexibility index (Phi) is 4.33. The van der Waals surface area contributed by atoms with Crippen LogP contribution in [0.25, 0.3) is 0 Å². The predicted octanol–water partition coefficient (Wildman–Crippen LogP) is 1.85. The number of phenolic OH excluding ortho intramolecular Hbond substituents is 1. The Hall–Kier alpha value is -1.06. The van der Waals surface area contributed by atoms with Gasteiger partial charge >= 0.3 is 0 Å². The fourth-order valence-electron chi connectivity index (χ4n) is 1.53. The standard InChI is InChI=1S/C13H21NO2/c1-10(2)8-14-13(3,9-15)11-5-4-6-12(16)7-11/h4-7,10,14-16H,8-9H2,1-3H3. The highest BCUT2D eigenvalue weighted by Crippen LogP contribution is 2.23. The van der Waals surface area contributed by atoms with Crippen molar-refractivity contribution < 1.29 is 10.2 Å². The SMILES string of the molecule is CC(C)CNC(C)(CO)c1cccc(O)c1. The largest absolute Gasteiger partial charge is 0.508 e. The van der Waals surface area contributed by atoms with Crippen molar-refractivity contribution in [3.05, 3.63) is 29.8 Å². The first-order chi connectivity index (χ1) is 7.48. The molecule has 0 aromatic heterocycles. The van der Waals surface area contributed by atoms with E-state index in [0.717, 1.165) is 12.1 Å². The third kappa shape index (κ3) is 3.22. The lowest BCUT2D eigenvalue weighted by Crippen LogP contribution is -2.44. The number of hydrogen-bond donors (Lipinski definition) is 3. The summed E-state index contributed by atoms with van der Waals surface area (Å²) in [6.45, 7) is 7.00. The second-order valence-corrected chi connectivity index (χ2v) is 4.82. The van der Waals surface area contributed by atoms with Gasteiger partial charge in [-0.15, -0.1) is 0 Å². The molecule has 1 aromatic rings. The number of aliphatic hydroxyl groups is 1. The summed E-state index contributed by atoms with van der Waals surface area (Å²) in [7, 11) is 0. The summed E-state index contributed by atoms with van der Waals surface area (Å²) in [6, 6.07) is 7.01. The van der Waals surface area contributed by atoms with Crippen LogP contribution in [0.2, 0.25) is 0 Å². The van der Waals surface area contributed by atoms with E-state index in [-0.39, 0.29) is 12.4 Å². The topological polar surface area (TPSA) is 52.5 Å². The molecular formula is C13H21NO2. The van der Waals surface area contributed by atoms with Crippen molar-refractivity contribution in [2.45, 2.75) is 26.3 Å². The molecule has 0 saturated carbocycles. The van der Waals surface area contributed by atoms with E-state index in [1.165, 1.54) is 0 Å². The first-order valence-corrected chi connectivity index (χ1v) is 5.63. The molecule has 3 N–H and O–H groups in total. The van der Waals surface area contributed by atoms with Crippen molar-refractivity contribution in [1.82, 2.24) is 5.32 Å². The second kappa shape index (κ2) is 5.32. The molecule has 1 rings (SSSR count). The molecule has 0 aliphatic heterocycles. The van der Waals surface area contributed by atoms with E-state index in [1.807, 2.05) is 13.0 Å². The fraction of sp³-hybridized carbons (Fsp3) is 0.538. The van der Waals surface area contributed by atoms with Crippen molar-refractivity contribution in [1.29, 1.82) is 0 Å². The number of hydrogen-bond acceptors (Lipinski definition) is 3. The molecule has 0 amide bonds. The number of phenols is 1. The van der Waals surface area contributed by atoms with E-state index in [1.54, 1.807) is 18.2 Å². The molecule has 1 unspecified atom stereocenters. The van der Waals surface area contributed by atoms with Crippen molar-refractivity contribution in [3.63, 3.8) is 0 Å². The first kappa shape index (κ1) is 13.0.